The Balaban J connectivity index is 1.80. The van der Waals surface area contributed by atoms with E-state index in [1.54, 1.807) is 18.4 Å². The van der Waals surface area contributed by atoms with Gasteiger partial charge in [0.1, 0.15) is 5.75 Å². The molecule has 0 unspecified atom stereocenters. The maximum absolute atomic E-state index is 5.13. The van der Waals surface area contributed by atoms with Crippen molar-refractivity contribution in [1.82, 2.24) is 10.3 Å². The second-order valence-corrected chi connectivity index (χ2v) is 5.23. The number of thiazole rings is 1. The fourth-order valence-corrected chi connectivity index (χ4v) is 2.50. The van der Waals surface area contributed by atoms with Crippen molar-refractivity contribution >= 4 is 11.3 Å². The molecule has 96 valence electrons. The van der Waals surface area contributed by atoms with Gasteiger partial charge in [-0.3, -0.25) is 0 Å². The summed E-state index contributed by atoms with van der Waals surface area (Å²) in [4.78, 5) is 5.64. The molecule has 1 heterocycles. The Hall–Kier alpha value is -1.39. The van der Waals surface area contributed by atoms with Crippen LogP contribution in [0.2, 0.25) is 0 Å². The lowest BCUT2D eigenvalue weighted by Gasteiger charge is -2.04. The molecule has 0 amide bonds. The third kappa shape index (κ3) is 3.55. The largest absolute Gasteiger partial charge is 0.497 e. The summed E-state index contributed by atoms with van der Waals surface area (Å²) in [5.74, 6) is 0.897. The average Bonchev–Trinajstić information content (AvgIpc) is 2.87. The predicted molar refractivity (Wildman–Crippen MR) is 75.0 cm³/mol. The molecule has 0 fully saturated rings. The Morgan fingerprint density at radius 1 is 1.22 bits per heavy atom. The number of methoxy groups -OCH3 is 1. The first-order valence-electron chi connectivity index (χ1n) is 6.09. The highest BCUT2D eigenvalue weighted by molar-refractivity contribution is 7.11. The number of benzene rings is 1. The van der Waals surface area contributed by atoms with Crippen LogP contribution in [-0.2, 0) is 19.5 Å². The molecular formula is C14H18N2OS. The second-order valence-electron chi connectivity index (χ2n) is 4.03. The Kier molecular flexibility index (Phi) is 4.73. The summed E-state index contributed by atoms with van der Waals surface area (Å²) in [5.41, 5.74) is 1.26. The van der Waals surface area contributed by atoms with Crippen molar-refractivity contribution in [3.05, 3.63) is 45.9 Å². The van der Waals surface area contributed by atoms with E-state index in [0.29, 0.717) is 0 Å². The van der Waals surface area contributed by atoms with Crippen molar-refractivity contribution in [1.29, 1.82) is 0 Å². The molecule has 1 N–H and O–H groups in total. The summed E-state index contributed by atoms with van der Waals surface area (Å²) in [6, 6.07) is 8.13. The summed E-state index contributed by atoms with van der Waals surface area (Å²) in [6.45, 7) is 3.88. The molecule has 4 heteroatoms. The topological polar surface area (TPSA) is 34.2 Å². The van der Waals surface area contributed by atoms with Gasteiger partial charge in [-0.2, -0.15) is 0 Å². The number of hydrogen-bond acceptors (Lipinski definition) is 4. The van der Waals surface area contributed by atoms with Crippen molar-refractivity contribution in [2.24, 2.45) is 0 Å². The van der Waals surface area contributed by atoms with Crippen molar-refractivity contribution in [2.45, 2.75) is 26.4 Å². The van der Waals surface area contributed by atoms with Gasteiger partial charge < -0.3 is 10.1 Å². The van der Waals surface area contributed by atoms with Crippen LogP contribution in [0.3, 0.4) is 0 Å². The van der Waals surface area contributed by atoms with E-state index in [4.69, 9.17) is 4.74 Å². The average molecular weight is 262 g/mol. The van der Waals surface area contributed by atoms with Gasteiger partial charge in [0.2, 0.25) is 0 Å². The van der Waals surface area contributed by atoms with Crippen molar-refractivity contribution in [3.8, 4) is 5.75 Å². The van der Waals surface area contributed by atoms with Crippen LogP contribution in [0.4, 0.5) is 0 Å². The van der Waals surface area contributed by atoms with Crippen molar-refractivity contribution in [3.63, 3.8) is 0 Å². The number of rotatable bonds is 6. The first-order chi connectivity index (χ1) is 8.81. The Bertz CT molecular complexity index is 479. The lowest BCUT2D eigenvalue weighted by molar-refractivity contribution is 0.414. The minimum Gasteiger partial charge on any atom is -0.497 e. The highest BCUT2D eigenvalue weighted by Crippen LogP contribution is 2.14. The summed E-state index contributed by atoms with van der Waals surface area (Å²) in [7, 11) is 1.68. The lowest BCUT2D eigenvalue weighted by Crippen LogP contribution is -2.11. The van der Waals surface area contributed by atoms with Gasteiger partial charge in [0.15, 0.2) is 0 Å². The van der Waals surface area contributed by atoms with Gasteiger partial charge in [-0.25, -0.2) is 4.98 Å². The number of nitrogens with zero attached hydrogens (tertiary/aromatic N) is 1. The third-order valence-electron chi connectivity index (χ3n) is 2.69. The normalized spacial score (nSPS) is 10.6. The lowest BCUT2D eigenvalue weighted by atomic mass is 10.2. The number of aromatic nitrogens is 1. The maximum atomic E-state index is 5.13. The molecule has 0 bridgehead atoms. The molecule has 3 nitrogen and oxygen atoms in total. The zero-order valence-corrected chi connectivity index (χ0v) is 11.6. The molecule has 1 aromatic heterocycles. The Morgan fingerprint density at radius 2 is 2.00 bits per heavy atom. The molecule has 18 heavy (non-hydrogen) atoms. The van der Waals surface area contributed by atoms with Crippen molar-refractivity contribution in [2.75, 3.05) is 7.11 Å². The van der Waals surface area contributed by atoms with Gasteiger partial charge in [-0.05, 0) is 24.1 Å². The SMILES string of the molecule is CCc1ncc(CNCc2ccc(OC)cc2)s1. The predicted octanol–water partition coefficient (Wildman–Crippen LogP) is 3.00. The zero-order valence-electron chi connectivity index (χ0n) is 10.8. The fraction of sp³-hybridized carbons (Fsp3) is 0.357. The first-order valence-corrected chi connectivity index (χ1v) is 6.90. The van der Waals surface area contributed by atoms with E-state index in [0.717, 1.165) is 25.3 Å². The molecule has 0 aliphatic heterocycles. The third-order valence-corrected chi connectivity index (χ3v) is 3.83. The molecule has 1 aromatic carbocycles. The number of ether oxygens (including phenoxy) is 1. The van der Waals surface area contributed by atoms with E-state index in [2.05, 4.69) is 29.4 Å². The second kappa shape index (κ2) is 6.52. The molecule has 0 spiro atoms. The fourth-order valence-electron chi connectivity index (χ4n) is 1.67. The van der Waals surface area contributed by atoms with E-state index >= 15 is 0 Å². The number of nitrogens with one attached hydrogen (secondary N) is 1. The van der Waals surface area contributed by atoms with Crippen molar-refractivity contribution < 1.29 is 4.74 Å². The molecular weight excluding hydrogens is 244 g/mol. The summed E-state index contributed by atoms with van der Waals surface area (Å²) >= 11 is 1.78. The smallest absolute Gasteiger partial charge is 0.118 e. The maximum Gasteiger partial charge on any atom is 0.118 e. The molecule has 0 radical (unpaired) electrons. The summed E-state index contributed by atoms with van der Waals surface area (Å²) in [6.07, 6.45) is 2.98. The molecule has 2 rings (SSSR count). The van der Waals surface area contributed by atoms with Crippen LogP contribution in [0.5, 0.6) is 5.75 Å². The van der Waals surface area contributed by atoms with Gasteiger partial charge >= 0.3 is 0 Å². The first kappa shape index (κ1) is 13.1. The van der Waals surface area contributed by atoms with Gasteiger partial charge in [0.05, 0.1) is 12.1 Å². The van der Waals surface area contributed by atoms with E-state index in [1.807, 2.05) is 18.3 Å². The van der Waals surface area contributed by atoms with E-state index in [-0.39, 0.29) is 0 Å². The summed E-state index contributed by atoms with van der Waals surface area (Å²) < 4.78 is 5.13. The van der Waals surface area contributed by atoms with Crippen LogP contribution < -0.4 is 10.1 Å². The molecule has 2 aromatic rings. The molecule has 0 atom stereocenters. The van der Waals surface area contributed by atoms with E-state index in [9.17, 15) is 0 Å². The molecule has 0 aliphatic rings. The van der Waals surface area contributed by atoms with Gasteiger partial charge in [-0.15, -0.1) is 11.3 Å². The molecule has 0 saturated carbocycles. The number of hydrogen-bond donors (Lipinski definition) is 1. The Morgan fingerprint density at radius 3 is 2.61 bits per heavy atom. The number of aryl methyl sites for hydroxylation is 1. The highest BCUT2D eigenvalue weighted by Gasteiger charge is 2.00. The summed E-state index contributed by atoms with van der Waals surface area (Å²) in [5, 5.41) is 4.63. The van der Waals surface area contributed by atoms with E-state index in [1.165, 1.54) is 15.4 Å². The quantitative estimate of drug-likeness (QED) is 0.869. The molecule has 0 aliphatic carbocycles. The van der Waals surface area contributed by atoms with Crippen LogP contribution in [0.1, 0.15) is 22.4 Å². The van der Waals surface area contributed by atoms with Crippen LogP contribution in [0.25, 0.3) is 0 Å². The van der Waals surface area contributed by atoms with Crippen LogP contribution in [-0.4, -0.2) is 12.1 Å². The minimum atomic E-state index is 0.864. The van der Waals surface area contributed by atoms with Gasteiger partial charge in [0, 0.05) is 24.2 Å². The molecule has 0 saturated heterocycles. The standard InChI is InChI=1S/C14H18N2OS/c1-3-14-16-10-13(18-14)9-15-8-11-4-6-12(17-2)7-5-11/h4-7,10,15H,3,8-9H2,1-2H3. The van der Waals surface area contributed by atoms with Crippen LogP contribution in [0.15, 0.2) is 30.5 Å². The van der Waals surface area contributed by atoms with Crippen LogP contribution in [0, 0.1) is 0 Å². The van der Waals surface area contributed by atoms with Crippen LogP contribution >= 0.6 is 11.3 Å². The monoisotopic (exact) mass is 262 g/mol. The minimum absolute atomic E-state index is 0.864. The van der Waals surface area contributed by atoms with Gasteiger partial charge in [0.25, 0.3) is 0 Å². The zero-order chi connectivity index (χ0) is 12.8. The highest BCUT2D eigenvalue weighted by atomic mass is 32.1. The Labute approximate surface area is 112 Å². The van der Waals surface area contributed by atoms with E-state index < -0.39 is 0 Å². The van der Waals surface area contributed by atoms with Gasteiger partial charge in [-0.1, -0.05) is 19.1 Å².